The smallest absolute Gasteiger partial charge is 0.223 e. The summed E-state index contributed by atoms with van der Waals surface area (Å²) in [5, 5.41) is 6.66. The molecule has 1 saturated heterocycles. The van der Waals surface area contributed by atoms with Crippen molar-refractivity contribution < 1.29 is 0 Å². The van der Waals surface area contributed by atoms with Gasteiger partial charge in [-0.1, -0.05) is 0 Å². The minimum atomic E-state index is 0.717. The first kappa shape index (κ1) is 10.4. The van der Waals surface area contributed by atoms with Crippen molar-refractivity contribution in [1.29, 1.82) is 0 Å². The van der Waals surface area contributed by atoms with E-state index in [1.165, 1.54) is 6.42 Å². The number of hydrogen-bond donors (Lipinski definition) is 2. The van der Waals surface area contributed by atoms with Crippen LogP contribution in [-0.2, 0) is 0 Å². The number of rotatable bonds is 3. The lowest BCUT2D eigenvalue weighted by Gasteiger charge is -2.10. The van der Waals surface area contributed by atoms with E-state index in [9.17, 15) is 0 Å². The molecule has 4 heteroatoms. The average molecular weight is 206 g/mol. The van der Waals surface area contributed by atoms with E-state index in [0.29, 0.717) is 0 Å². The van der Waals surface area contributed by atoms with Crippen LogP contribution in [0, 0.1) is 19.8 Å². The van der Waals surface area contributed by atoms with Gasteiger partial charge in [0.05, 0.1) is 0 Å². The van der Waals surface area contributed by atoms with E-state index in [4.69, 9.17) is 0 Å². The molecular weight excluding hydrogens is 188 g/mol. The fourth-order valence-corrected chi connectivity index (χ4v) is 1.93. The molecule has 15 heavy (non-hydrogen) atoms. The normalized spacial score (nSPS) is 20.5. The van der Waals surface area contributed by atoms with E-state index in [-0.39, 0.29) is 0 Å². The molecule has 0 saturated carbocycles. The summed E-state index contributed by atoms with van der Waals surface area (Å²) in [6, 6.07) is 1.99. The molecule has 1 aromatic heterocycles. The predicted octanol–water partition coefficient (Wildman–Crippen LogP) is 1.11. The topological polar surface area (TPSA) is 49.8 Å². The highest BCUT2D eigenvalue weighted by molar-refractivity contribution is 5.27. The third kappa shape index (κ3) is 2.89. The first-order valence-corrected chi connectivity index (χ1v) is 5.51. The van der Waals surface area contributed by atoms with Crippen molar-refractivity contribution in [2.45, 2.75) is 20.3 Å². The van der Waals surface area contributed by atoms with Crippen molar-refractivity contribution in [2.75, 3.05) is 25.0 Å². The van der Waals surface area contributed by atoms with Crippen LogP contribution >= 0.6 is 0 Å². The molecular formula is C11H18N4. The van der Waals surface area contributed by atoms with Gasteiger partial charge in [-0.3, -0.25) is 0 Å². The van der Waals surface area contributed by atoms with E-state index >= 15 is 0 Å². The van der Waals surface area contributed by atoms with Gasteiger partial charge >= 0.3 is 0 Å². The quantitative estimate of drug-likeness (QED) is 0.778. The highest BCUT2D eigenvalue weighted by Gasteiger charge is 2.14. The molecule has 0 aromatic carbocycles. The Kier molecular flexibility index (Phi) is 3.16. The van der Waals surface area contributed by atoms with Gasteiger partial charge in [-0.2, -0.15) is 0 Å². The average Bonchev–Trinajstić information content (AvgIpc) is 2.65. The van der Waals surface area contributed by atoms with Crippen LogP contribution in [0.4, 0.5) is 5.95 Å². The van der Waals surface area contributed by atoms with E-state index < -0.39 is 0 Å². The Morgan fingerprint density at radius 1 is 1.40 bits per heavy atom. The van der Waals surface area contributed by atoms with Crippen LogP contribution in [-0.4, -0.2) is 29.6 Å². The Labute approximate surface area is 90.5 Å². The van der Waals surface area contributed by atoms with Gasteiger partial charge in [0.2, 0.25) is 5.95 Å². The molecule has 82 valence electrons. The summed E-state index contributed by atoms with van der Waals surface area (Å²) in [5.41, 5.74) is 2.05. The second kappa shape index (κ2) is 4.57. The zero-order chi connectivity index (χ0) is 10.7. The summed E-state index contributed by atoms with van der Waals surface area (Å²) < 4.78 is 0. The fourth-order valence-electron chi connectivity index (χ4n) is 1.93. The van der Waals surface area contributed by atoms with Crippen LogP contribution in [0.3, 0.4) is 0 Å². The molecule has 0 aliphatic carbocycles. The van der Waals surface area contributed by atoms with Gasteiger partial charge < -0.3 is 10.6 Å². The van der Waals surface area contributed by atoms with Crippen molar-refractivity contribution in [3.8, 4) is 0 Å². The Morgan fingerprint density at radius 3 is 2.73 bits per heavy atom. The number of aryl methyl sites for hydroxylation is 2. The van der Waals surface area contributed by atoms with Crippen molar-refractivity contribution >= 4 is 5.95 Å². The van der Waals surface area contributed by atoms with Gasteiger partial charge in [0.1, 0.15) is 0 Å². The molecule has 1 aliphatic heterocycles. The summed E-state index contributed by atoms with van der Waals surface area (Å²) in [5.74, 6) is 1.48. The van der Waals surface area contributed by atoms with Gasteiger partial charge in [0.15, 0.2) is 0 Å². The van der Waals surface area contributed by atoms with Gasteiger partial charge in [-0.05, 0) is 45.3 Å². The van der Waals surface area contributed by atoms with E-state index in [0.717, 1.165) is 42.9 Å². The second-order valence-electron chi connectivity index (χ2n) is 4.21. The molecule has 2 N–H and O–H groups in total. The molecule has 2 heterocycles. The van der Waals surface area contributed by atoms with Crippen molar-refractivity contribution in [2.24, 2.45) is 5.92 Å². The fraction of sp³-hybridized carbons (Fsp3) is 0.636. The number of anilines is 1. The van der Waals surface area contributed by atoms with Crippen molar-refractivity contribution in [1.82, 2.24) is 15.3 Å². The summed E-state index contributed by atoms with van der Waals surface area (Å²) in [4.78, 5) is 8.70. The number of nitrogens with zero attached hydrogens (tertiary/aromatic N) is 2. The Bertz CT molecular complexity index is 311. The standard InChI is InChI=1S/C11H18N4/c1-8-5-9(2)15-11(14-8)13-7-10-3-4-12-6-10/h5,10,12H,3-4,6-7H2,1-2H3,(H,13,14,15)/t10-/m1/s1. The molecule has 0 bridgehead atoms. The summed E-state index contributed by atoms with van der Waals surface area (Å²) in [7, 11) is 0. The first-order chi connectivity index (χ1) is 7.24. The molecule has 1 aliphatic rings. The van der Waals surface area contributed by atoms with E-state index in [1.807, 2.05) is 19.9 Å². The SMILES string of the molecule is Cc1cc(C)nc(NC[C@@H]2CCNC2)n1. The summed E-state index contributed by atoms with van der Waals surface area (Å²) in [6.07, 6.45) is 1.25. The minimum absolute atomic E-state index is 0.717. The minimum Gasteiger partial charge on any atom is -0.354 e. The van der Waals surface area contributed by atoms with Crippen LogP contribution in [0.2, 0.25) is 0 Å². The van der Waals surface area contributed by atoms with Crippen molar-refractivity contribution in [3.63, 3.8) is 0 Å². The van der Waals surface area contributed by atoms with Crippen LogP contribution in [0.1, 0.15) is 17.8 Å². The van der Waals surface area contributed by atoms with Crippen LogP contribution in [0.25, 0.3) is 0 Å². The number of nitrogens with one attached hydrogen (secondary N) is 2. The molecule has 2 rings (SSSR count). The molecule has 0 spiro atoms. The highest BCUT2D eigenvalue weighted by Crippen LogP contribution is 2.09. The maximum atomic E-state index is 4.35. The zero-order valence-electron chi connectivity index (χ0n) is 9.38. The molecule has 0 amide bonds. The molecule has 0 radical (unpaired) electrons. The Balaban J connectivity index is 1.92. The van der Waals surface area contributed by atoms with Gasteiger partial charge in [0, 0.05) is 17.9 Å². The first-order valence-electron chi connectivity index (χ1n) is 5.51. The number of aromatic nitrogens is 2. The third-order valence-electron chi connectivity index (χ3n) is 2.69. The third-order valence-corrected chi connectivity index (χ3v) is 2.69. The van der Waals surface area contributed by atoms with E-state index in [1.54, 1.807) is 0 Å². The summed E-state index contributed by atoms with van der Waals surface area (Å²) >= 11 is 0. The van der Waals surface area contributed by atoms with Crippen LogP contribution in [0.5, 0.6) is 0 Å². The molecule has 0 unspecified atom stereocenters. The molecule has 1 atom stereocenters. The van der Waals surface area contributed by atoms with Crippen molar-refractivity contribution in [3.05, 3.63) is 17.5 Å². The van der Waals surface area contributed by atoms with Gasteiger partial charge in [0.25, 0.3) is 0 Å². The maximum absolute atomic E-state index is 4.35. The van der Waals surface area contributed by atoms with Crippen LogP contribution in [0.15, 0.2) is 6.07 Å². The predicted molar refractivity (Wildman–Crippen MR) is 61.0 cm³/mol. The van der Waals surface area contributed by atoms with E-state index in [2.05, 4.69) is 20.6 Å². The lowest BCUT2D eigenvalue weighted by molar-refractivity contribution is 0.612. The zero-order valence-corrected chi connectivity index (χ0v) is 9.38. The molecule has 1 fully saturated rings. The lowest BCUT2D eigenvalue weighted by atomic mass is 10.1. The monoisotopic (exact) mass is 206 g/mol. The highest BCUT2D eigenvalue weighted by atomic mass is 15.1. The molecule has 1 aromatic rings. The lowest BCUT2D eigenvalue weighted by Crippen LogP contribution is -2.18. The van der Waals surface area contributed by atoms with Crippen LogP contribution < -0.4 is 10.6 Å². The Morgan fingerprint density at radius 2 is 2.13 bits per heavy atom. The molecule has 4 nitrogen and oxygen atoms in total. The second-order valence-corrected chi connectivity index (χ2v) is 4.21. The van der Waals surface area contributed by atoms with Gasteiger partial charge in [-0.25, -0.2) is 9.97 Å². The van der Waals surface area contributed by atoms with Gasteiger partial charge in [-0.15, -0.1) is 0 Å². The Hall–Kier alpha value is -1.16. The number of hydrogen-bond acceptors (Lipinski definition) is 4. The largest absolute Gasteiger partial charge is 0.354 e. The summed E-state index contributed by atoms with van der Waals surface area (Å²) in [6.45, 7) is 7.21. The maximum Gasteiger partial charge on any atom is 0.223 e.